The van der Waals surface area contributed by atoms with Gasteiger partial charge in [0.1, 0.15) is 17.6 Å². The fourth-order valence-electron chi connectivity index (χ4n) is 1.70. The highest BCUT2D eigenvalue weighted by Gasteiger charge is 2.11. The lowest BCUT2D eigenvalue weighted by Crippen LogP contribution is -1.99. The molecule has 0 atom stereocenters. The van der Waals surface area contributed by atoms with Crippen molar-refractivity contribution in [2.45, 2.75) is 0 Å². The molecule has 0 saturated carbocycles. The Hall–Kier alpha value is -2.45. The number of hydrogen-bond acceptors (Lipinski definition) is 5. The summed E-state index contributed by atoms with van der Waals surface area (Å²) in [6, 6.07) is 8.86. The van der Waals surface area contributed by atoms with Gasteiger partial charge in [-0.3, -0.25) is 0 Å². The largest absolute Gasteiger partial charge is 0.495 e. The molecule has 0 aliphatic heterocycles. The first-order valence-corrected chi connectivity index (χ1v) is 6.11. The molecule has 1 heterocycles. The summed E-state index contributed by atoms with van der Waals surface area (Å²) in [7, 11) is 3.07. The van der Waals surface area contributed by atoms with Crippen molar-refractivity contribution in [3.63, 3.8) is 0 Å². The van der Waals surface area contributed by atoms with Gasteiger partial charge in [-0.2, -0.15) is 5.26 Å². The number of nitrogens with one attached hydrogen (secondary N) is 1. The number of hydrogen-bond donors (Lipinski definition) is 1. The van der Waals surface area contributed by atoms with E-state index in [2.05, 4.69) is 10.3 Å². The van der Waals surface area contributed by atoms with E-state index in [4.69, 9.17) is 26.3 Å². The monoisotopic (exact) mass is 289 g/mol. The Morgan fingerprint density at radius 1 is 1.20 bits per heavy atom. The summed E-state index contributed by atoms with van der Waals surface area (Å²) in [6.45, 7) is 0. The van der Waals surface area contributed by atoms with Crippen molar-refractivity contribution in [3.8, 4) is 17.6 Å². The average Bonchev–Trinajstić information content (AvgIpc) is 2.49. The van der Waals surface area contributed by atoms with E-state index in [1.54, 1.807) is 30.5 Å². The Morgan fingerprint density at radius 3 is 2.60 bits per heavy atom. The molecule has 0 saturated heterocycles. The van der Waals surface area contributed by atoms with Crippen LogP contribution in [0.3, 0.4) is 0 Å². The van der Waals surface area contributed by atoms with Gasteiger partial charge < -0.3 is 14.8 Å². The zero-order valence-corrected chi connectivity index (χ0v) is 11.7. The van der Waals surface area contributed by atoms with Crippen LogP contribution in [0, 0.1) is 11.3 Å². The van der Waals surface area contributed by atoms with E-state index in [0.29, 0.717) is 33.6 Å². The van der Waals surface area contributed by atoms with Gasteiger partial charge in [0, 0.05) is 18.3 Å². The fraction of sp³-hybridized carbons (Fsp3) is 0.143. The minimum absolute atomic E-state index is 0.295. The van der Waals surface area contributed by atoms with Gasteiger partial charge in [0.05, 0.1) is 30.6 Å². The second-order valence-electron chi connectivity index (χ2n) is 3.82. The van der Waals surface area contributed by atoms with Gasteiger partial charge in [-0.15, -0.1) is 0 Å². The van der Waals surface area contributed by atoms with E-state index in [1.807, 2.05) is 6.07 Å². The van der Waals surface area contributed by atoms with Crippen molar-refractivity contribution >= 4 is 23.0 Å². The Kier molecular flexibility index (Phi) is 4.28. The molecule has 2 rings (SSSR count). The van der Waals surface area contributed by atoms with Crippen molar-refractivity contribution in [2.24, 2.45) is 0 Å². The van der Waals surface area contributed by atoms with Crippen LogP contribution in [0.4, 0.5) is 11.4 Å². The van der Waals surface area contributed by atoms with Crippen LogP contribution < -0.4 is 14.8 Å². The average molecular weight is 290 g/mol. The molecule has 5 nitrogen and oxygen atoms in total. The number of anilines is 2. The molecular weight excluding hydrogens is 278 g/mol. The summed E-state index contributed by atoms with van der Waals surface area (Å²) >= 11 is 6.04. The van der Waals surface area contributed by atoms with Crippen LogP contribution in [0.25, 0.3) is 0 Å². The Bertz CT molecular complexity index is 668. The number of nitriles is 1. The topological polar surface area (TPSA) is 67.2 Å². The second kappa shape index (κ2) is 6.13. The van der Waals surface area contributed by atoms with Gasteiger partial charge in [-0.1, -0.05) is 11.6 Å². The minimum atomic E-state index is 0.295. The fourth-order valence-corrected chi connectivity index (χ4v) is 1.93. The molecule has 20 heavy (non-hydrogen) atoms. The molecule has 0 bridgehead atoms. The molecular formula is C14H12ClN3O2. The number of ether oxygens (including phenoxy) is 2. The van der Waals surface area contributed by atoms with Crippen molar-refractivity contribution in [1.82, 2.24) is 4.98 Å². The molecule has 2 aromatic rings. The van der Waals surface area contributed by atoms with E-state index in [9.17, 15) is 0 Å². The van der Waals surface area contributed by atoms with Gasteiger partial charge in [0.2, 0.25) is 0 Å². The molecule has 1 aromatic carbocycles. The van der Waals surface area contributed by atoms with Gasteiger partial charge >= 0.3 is 0 Å². The summed E-state index contributed by atoms with van der Waals surface area (Å²) in [4.78, 5) is 3.99. The zero-order valence-electron chi connectivity index (χ0n) is 11.0. The van der Waals surface area contributed by atoms with Gasteiger partial charge in [-0.25, -0.2) is 4.98 Å². The van der Waals surface area contributed by atoms with Crippen LogP contribution in [0.1, 0.15) is 5.69 Å². The third-order valence-electron chi connectivity index (χ3n) is 2.66. The zero-order chi connectivity index (χ0) is 14.5. The van der Waals surface area contributed by atoms with Gasteiger partial charge in [-0.05, 0) is 12.1 Å². The van der Waals surface area contributed by atoms with Crippen molar-refractivity contribution in [1.29, 1.82) is 5.26 Å². The normalized spacial score (nSPS) is 9.70. The lowest BCUT2D eigenvalue weighted by atomic mass is 10.2. The first-order valence-electron chi connectivity index (χ1n) is 5.73. The van der Waals surface area contributed by atoms with Crippen LogP contribution in [-0.4, -0.2) is 19.2 Å². The van der Waals surface area contributed by atoms with E-state index < -0.39 is 0 Å². The number of nitrogens with zero attached hydrogens (tertiary/aromatic N) is 2. The number of aromatic nitrogens is 1. The summed E-state index contributed by atoms with van der Waals surface area (Å²) in [5, 5.41) is 12.6. The molecule has 0 radical (unpaired) electrons. The summed E-state index contributed by atoms with van der Waals surface area (Å²) in [5.74, 6) is 1.06. The van der Waals surface area contributed by atoms with E-state index in [-0.39, 0.29) is 0 Å². The number of rotatable bonds is 4. The van der Waals surface area contributed by atoms with Crippen molar-refractivity contribution in [2.75, 3.05) is 19.5 Å². The highest BCUT2D eigenvalue weighted by molar-refractivity contribution is 6.32. The number of benzene rings is 1. The van der Waals surface area contributed by atoms with Crippen LogP contribution in [0.5, 0.6) is 11.5 Å². The Balaban J connectivity index is 2.45. The molecule has 102 valence electrons. The van der Waals surface area contributed by atoms with E-state index >= 15 is 0 Å². The molecule has 1 aromatic heterocycles. The van der Waals surface area contributed by atoms with Crippen LogP contribution in [0.15, 0.2) is 30.5 Å². The molecule has 1 N–H and O–H groups in total. The predicted molar refractivity (Wildman–Crippen MR) is 76.8 cm³/mol. The third-order valence-corrected chi connectivity index (χ3v) is 2.95. The predicted octanol–water partition coefficient (Wildman–Crippen LogP) is 3.37. The van der Waals surface area contributed by atoms with Gasteiger partial charge in [0.15, 0.2) is 5.69 Å². The first-order chi connectivity index (χ1) is 9.69. The lowest BCUT2D eigenvalue weighted by molar-refractivity contribution is 0.405. The number of halogens is 1. The highest BCUT2D eigenvalue weighted by Crippen LogP contribution is 2.37. The number of pyridine rings is 1. The molecule has 6 heteroatoms. The quantitative estimate of drug-likeness (QED) is 0.934. The third kappa shape index (κ3) is 2.76. The van der Waals surface area contributed by atoms with E-state index in [1.165, 1.54) is 14.2 Å². The summed E-state index contributed by atoms with van der Waals surface area (Å²) < 4.78 is 10.4. The molecule has 0 amide bonds. The summed E-state index contributed by atoms with van der Waals surface area (Å²) in [6.07, 6.45) is 1.56. The standard InChI is InChI=1S/C14H12ClN3O2/c1-19-13-7-11(14(20-2)6-9(13)15)18-10-4-3-5-17-12(10)8-16/h3-7,18H,1-2H3. The van der Waals surface area contributed by atoms with Gasteiger partial charge in [0.25, 0.3) is 0 Å². The number of methoxy groups -OCH3 is 2. The molecule has 0 spiro atoms. The molecule has 0 unspecified atom stereocenters. The van der Waals surface area contributed by atoms with Crippen LogP contribution in [0.2, 0.25) is 5.02 Å². The molecule has 0 aliphatic carbocycles. The molecule has 0 fully saturated rings. The highest BCUT2D eigenvalue weighted by atomic mass is 35.5. The van der Waals surface area contributed by atoms with Crippen LogP contribution >= 0.6 is 11.6 Å². The smallest absolute Gasteiger partial charge is 0.163 e. The lowest BCUT2D eigenvalue weighted by Gasteiger charge is -2.14. The Labute approximate surface area is 121 Å². The van der Waals surface area contributed by atoms with Crippen molar-refractivity contribution < 1.29 is 9.47 Å². The maximum Gasteiger partial charge on any atom is 0.163 e. The SMILES string of the molecule is COc1cc(Nc2cccnc2C#N)c(OC)cc1Cl. The van der Waals surface area contributed by atoms with Crippen molar-refractivity contribution in [3.05, 3.63) is 41.2 Å². The maximum atomic E-state index is 9.04. The molecule has 0 aliphatic rings. The Morgan fingerprint density at radius 2 is 1.95 bits per heavy atom. The maximum absolute atomic E-state index is 9.04. The van der Waals surface area contributed by atoms with E-state index in [0.717, 1.165) is 0 Å². The second-order valence-corrected chi connectivity index (χ2v) is 4.23. The minimum Gasteiger partial charge on any atom is -0.495 e. The summed E-state index contributed by atoms with van der Waals surface area (Å²) in [5.41, 5.74) is 1.51. The van der Waals surface area contributed by atoms with Crippen LogP contribution in [-0.2, 0) is 0 Å². The first kappa shape index (κ1) is 14.0.